The van der Waals surface area contributed by atoms with Gasteiger partial charge in [0.2, 0.25) is 0 Å². The Hall–Kier alpha value is -3.08. The molecular formula is C24H24N6S. The first-order valence-electron chi connectivity index (χ1n) is 10.7. The van der Waals surface area contributed by atoms with Crippen LogP contribution in [-0.2, 0) is 12.3 Å². The third kappa shape index (κ3) is 4.09. The lowest BCUT2D eigenvalue weighted by Gasteiger charge is -2.26. The molecule has 6 nitrogen and oxygen atoms in total. The molecule has 1 aromatic carbocycles. The third-order valence-corrected chi connectivity index (χ3v) is 6.74. The number of aromatic nitrogens is 4. The molecule has 3 aromatic heterocycles. The summed E-state index contributed by atoms with van der Waals surface area (Å²) in [5.74, 6) is 1.64. The smallest absolute Gasteiger partial charge is 0.196 e. The molecule has 0 N–H and O–H groups in total. The van der Waals surface area contributed by atoms with E-state index in [0.717, 1.165) is 52.9 Å². The van der Waals surface area contributed by atoms with Crippen LogP contribution >= 0.6 is 11.8 Å². The zero-order valence-electron chi connectivity index (χ0n) is 17.3. The largest absolute Gasteiger partial charge is 0.322 e. The molecule has 156 valence electrons. The maximum atomic E-state index is 9.71. The summed E-state index contributed by atoms with van der Waals surface area (Å²) in [5.41, 5.74) is 3.76. The Morgan fingerprint density at radius 2 is 1.77 bits per heavy atom. The van der Waals surface area contributed by atoms with Crippen LogP contribution in [-0.4, -0.2) is 37.2 Å². The second-order valence-electron chi connectivity index (χ2n) is 7.83. The summed E-state index contributed by atoms with van der Waals surface area (Å²) in [5, 5.41) is 19.7. The molecule has 1 aliphatic heterocycles. The minimum atomic E-state index is 0.666. The Kier molecular flexibility index (Phi) is 5.74. The minimum Gasteiger partial charge on any atom is -0.322 e. The van der Waals surface area contributed by atoms with E-state index < -0.39 is 0 Å². The molecule has 0 aliphatic carbocycles. The number of benzene rings is 1. The van der Waals surface area contributed by atoms with E-state index in [2.05, 4.69) is 37.9 Å². The van der Waals surface area contributed by atoms with Crippen LogP contribution in [0, 0.1) is 11.3 Å². The predicted molar refractivity (Wildman–Crippen MR) is 122 cm³/mol. The summed E-state index contributed by atoms with van der Waals surface area (Å²) in [6, 6.07) is 18.6. The number of likely N-dealkylation sites (tertiary alicyclic amines) is 1. The summed E-state index contributed by atoms with van der Waals surface area (Å²) in [6.45, 7) is 3.04. The van der Waals surface area contributed by atoms with E-state index in [1.165, 1.54) is 19.3 Å². The molecule has 0 bridgehead atoms. The van der Waals surface area contributed by atoms with Crippen molar-refractivity contribution in [3.05, 3.63) is 77.9 Å². The van der Waals surface area contributed by atoms with Gasteiger partial charge in [0.05, 0.1) is 17.6 Å². The first-order chi connectivity index (χ1) is 15.3. The lowest BCUT2D eigenvalue weighted by atomic mass is 10.1. The molecule has 31 heavy (non-hydrogen) atoms. The highest BCUT2D eigenvalue weighted by atomic mass is 32.2. The molecule has 7 heteroatoms. The number of thioether (sulfide) groups is 1. The maximum Gasteiger partial charge on any atom is 0.196 e. The van der Waals surface area contributed by atoms with E-state index in [1.54, 1.807) is 11.8 Å². The van der Waals surface area contributed by atoms with Gasteiger partial charge in [-0.1, -0.05) is 42.4 Å². The van der Waals surface area contributed by atoms with Crippen molar-refractivity contribution in [2.75, 3.05) is 13.1 Å². The van der Waals surface area contributed by atoms with E-state index in [1.807, 2.05) is 53.2 Å². The minimum absolute atomic E-state index is 0.666. The second-order valence-corrected chi connectivity index (χ2v) is 8.77. The second kappa shape index (κ2) is 8.96. The van der Waals surface area contributed by atoms with Crippen LogP contribution in [0.25, 0.3) is 11.2 Å². The quantitative estimate of drug-likeness (QED) is 0.418. The van der Waals surface area contributed by atoms with Crippen molar-refractivity contribution < 1.29 is 0 Å². The van der Waals surface area contributed by atoms with Gasteiger partial charge < -0.3 is 4.40 Å². The summed E-state index contributed by atoms with van der Waals surface area (Å²) in [7, 11) is 0. The molecule has 4 heterocycles. The van der Waals surface area contributed by atoms with Gasteiger partial charge >= 0.3 is 0 Å². The lowest BCUT2D eigenvalue weighted by Crippen LogP contribution is -2.30. The number of nitrogens with zero attached hydrogens (tertiary/aromatic N) is 6. The SMILES string of the molecule is N#Cc1c(CSc2nnc(CN3CCCCC3)n2-c2ccccc2)cn2ccccc12. The average Bonchev–Trinajstić information content (AvgIpc) is 3.39. The van der Waals surface area contributed by atoms with E-state index >= 15 is 0 Å². The highest BCUT2D eigenvalue weighted by Crippen LogP contribution is 2.29. The molecule has 0 saturated carbocycles. The molecule has 0 atom stereocenters. The van der Waals surface area contributed by atoms with Crippen LogP contribution in [0.4, 0.5) is 0 Å². The van der Waals surface area contributed by atoms with Crippen LogP contribution in [0.1, 0.15) is 36.2 Å². The topological polar surface area (TPSA) is 62.2 Å². The van der Waals surface area contributed by atoms with Gasteiger partial charge in [-0.25, -0.2) is 0 Å². The maximum absolute atomic E-state index is 9.71. The normalized spacial score (nSPS) is 14.7. The van der Waals surface area contributed by atoms with Crippen molar-refractivity contribution in [2.24, 2.45) is 0 Å². The molecule has 0 amide bonds. The summed E-state index contributed by atoms with van der Waals surface area (Å²) >= 11 is 1.63. The molecule has 0 unspecified atom stereocenters. The van der Waals surface area contributed by atoms with Crippen molar-refractivity contribution in [1.82, 2.24) is 24.1 Å². The van der Waals surface area contributed by atoms with E-state index in [-0.39, 0.29) is 0 Å². The van der Waals surface area contributed by atoms with Gasteiger partial charge in [-0.15, -0.1) is 10.2 Å². The zero-order chi connectivity index (χ0) is 21.0. The highest BCUT2D eigenvalue weighted by Gasteiger charge is 2.19. The fourth-order valence-corrected chi connectivity index (χ4v) is 5.15. The van der Waals surface area contributed by atoms with Gasteiger partial charge in [0.1, 0.15) is 6.07 Å². The molecular weight excluding hydrogens is 404 g/mol. The first kappa shape index (κ1) is 19.9. The van der Waals surface area contributed by atoms with E-state index in [9.17, 15) is 5.26 Å². The number of hydrogen-bond acceptors (Lipinski definition) is 5. The van der Waals surface area contributed by atoms with Crippen LogP contribution in [0.15, 0.2) is 66.1 Å². The van der Waals surface area contributed by atoms with Crippen molar-refractivity contribution in [1.29, 1.82) is 5.26 Å². The standard InChI is InChI=1S/C24H24N6S/c25-15-21-19(16-29-14-8-5-11-22(21)29)18-31-24-27-26-23(17-28-12-6-2-7-13-28)30(24)20-9-3-1-4-10-20/h1,3-5,8-11,14,16H,2,6-7,12-13,17-18H2. The van der Waals surface area contributed by atoms with Gasteiger partial charge in [0.25, 0.3) is 0 Å². The zero-order valence-corrected chi connectivity index (χ0v) is 18.1. The van der Waals surface area contributed by atoms with Crippen LogP contribution in [0.2, 0.25) is 0 Å². The van der Waals surface area contributed by atoms with Gasteiger partial charge in [0, 0.05) is 23.8 Å². The molecule has 4 aromatic rings. The molecule has 5 rings (SSSR count). The molecule has 1 saturated heterocycles. The Morgan fingerprint density at radius 1 is 0.968 bits per heavy atom. The summed E-state index contributed by atoms with van der Waals surface area (Å²) in [6.07, 6.45) is 7.84. The Labute approximate surface area is 186 Å². The van der Waals surface area contributed by atoms with Crippen molar-refractivity contribution in [3.8, 4) is 11.8 Å². The number of hydrogen-bond donors (Lipinski definition) is 0. The number of pyridine rings is 1. The molecule has 0 spiro atoms. The highest BCUT2D eigenvalue weighted by molar-refractivity contribution is 7.98. The van der Waals surface area contributed by atoms with Crippen LogP contribution in [0.5, 0.6) is 0 Å². The average molecular weight is 429 g/mol. The lowest BCUT2D eigenvalue weighted by molar-refractivity contribution is 0.214. The monoisotopic (exact) mass is 428 g/mol. The van der Waals surface area contributed by atoms with E-state index in [0.29, 0.717) is 5.75 Å². The molecule has 1 aliphatic rings. The number of piperidine rings is 1. The number of para-hydroxylation sites is 1. The number of rotatable bonds is 6. The fourth-order valence-electron chi connectivity index (χ4n) is 4.21. The molecule has 1 fully saturated rings. The van der Waals surface area contributed by atoms with E-state index in [4.69, 9.17) is 0 Å². The number of fused-ring (bicyclic) bond motifs is 1. The van der Waals surface area contributed by atoms with Crippen LogP contribution < -0.4 is 0 Å². The first-order valence-corrected chi connectivity index (χ1v) is 11.7. The van der Waals surface area contributed by atoms with Gasteiger partial charge in [-0.3, -0.25) is 9.47 Å². The molecule has 0 radical (unpaired) electrons. The van der Waals surface area contributed by atoms with Crippen LogP contribution in [0.3, 0.4) is 0 Å². The Balaban J connectivity index is 1.45. The Bertz CT molecular complexity index is 1210. The van der Waals surface area contributed by atoms with Crippen molar-refractivity contribution in [3.63, 3.8) is 0 Å². The fraction of sp³-hybridized carbons (Fsp3) is 0.292. The predicted octanol–water partition coefficient (Wildman–Crippen LogP) is 4.67. The van der Waals surface area contributed by atoms with Gasteiger partial charge in [-0.2, -0.15) is 5.26 Å². The Morgan fingerprint density at radius 3 is 2.58 bits per heavy atom. The summed E-state index contributed by atoms with van der Waals surface area (Å²) in [4.78, 5) is 2.47. The summed E-state index contributed by atoms with van der Waals surface area (Å²) < 4.78 is 4.18. The number of nitriles is 1. The van der Waals surface area contributed by atoms with Gasteiger partial charge in [0.15, 0.2) is 11.0 Å². The van der Waals surface area contributed by atoms with Gasteiger partial charge in [-0.05, 0) is 55.8 Å². The van der Waals surface area contributed by atoms with Crippen molar-refractivity contribution >= 4 is 17.3 Å². The van der Waals surface area contributed by atoms with Crippen molar-refractivity contribution in [2.45, 2.75) is 36.7 Å². The third-order valence-electron chi connectivity index (χ3n) is 5.76.